The molecule has 0 saturated carbocycles. The van der Waals surface area contributed by atoms with Crippen molar-refractivity contribution in [2.75, 3.05) is 13.1 Å². The summed E-state index contributed by atoms with van der Waals surface area (Å²) in [6.07, 6.45) is 0. The molecule has 0 atom stereocenters. The fourth-order valence-corrected chi connectivity index (χ4v) is 4.13. The number of sulfonamides is 1. The van der Waals surface area contributed by atoms with E-state index in [4.69, 9.17) is 11.6 Å². The van der Waals surface area contributed by atoms with E-state index in [0.29, 0.717) is 10.6 Å². The molecule has 2 aromatic rings. The first-order chi connectivity index (χ1) is 11.8. The van der Waals surface area contributed by atoms with E-state index in [9.17, 15) is 18.0 Å². The number of hydrogen-bond acceptors (Lipinski definition) is 4. The van der Waals surface area contributed by atoms with Crippen LogP contribution in [0.4, 0.5) is 0 Å². The molecule has 130 valence electrons. The van der Waals surface area contributed by atoms with Gasteiger partial charge in [-0.2, -0.15) is 0 Å². The van der Waals surface area contributed by atoms with E-state index >= 15 is 0 Å². The summed E-state index contributed by atoms with van der Waals surface area (Å²) in [6, 6.07) is 11.1. The Morgan fingerprint density at radius 2 is 1.72 bits per heavy atom. The first-order valence-corrected chi connectivity index (χ1v) is 9.38. The summed E-state index contributed by atoms with van der Waals surface area (Å²) >= 11 is 5.86. The first kappa shape index (κ1) is 17.6. The lowest BCUT2D eigenvalue weighted by atomic mass is 10.1. The zero-order valence-electron chi connectivity index (χ0n) is 13.3. The van der Waals surface area contributed by atoms with Crippen LogP contribution in [0, 0.1) is 6.92 Å². The van der Waals surface area contributed by atoms with Gasteiger partial charge in [0.25, 0.3) is 11.8 Å². The maximum Gasteiger partial charge on any atom is 0.261 e. The first-order valence-electron chi connectivity index (χ1n) is 7.52. The fraction of sp³-hybridized carbons (Fsp3) is 0.176. The molecular formula is C17H15ClN2O4S. The largest absolute Gasteiger partial charge is 0.273 e. The number of imide groups is 1. The van der Waals surface area contributed by atoms with Crippen LogP contribution in [0.3, 0.4) is 0 Å². The topological polar surface area (TPSA) is 83.6 Å². The lowest BCUT2D eigenvalue weighted by molar-refractivity contribution is 0.0657. The molecule has 1 aliphatic rings. The summed E-state index contributed by atoms with van der Waals surface area (Å²) in [7, 11) is -3.71. The van der Waals surface area contributed by atoms with Gasteiger partial charge < -0.3 is 0 Å². The summed E-state index contributed by atoms with van der Waals surface area (Å²) in [6.45, 7) is 1.56. The van der Waals surface area contributed by atoms with Crippen LogP contribution in [-0.4, -0.2) is 38.2 Å². The summed E-state index contributed by atoms with van der Waals surface area (Å²) in [5.74, 6) is -0.927. The Labute approximate surface area is 150 Å². The third-order valence-electron chi connectivity index (χ3n) is 3.94. The second-order valence-corrected chi connectivity index (χ2v) is 7.79. The lowest BCUT2D eigenvalue weighted by Crippen LogP contribution is -2.38. The molecule has 0 bridgehead atoms. The van der Waals surface area contributed by atoms with Gasteiger partial charge in [-0.3, -0.25) is 14.5 Å². The van der Waals surface area contributed by atoms with Crippen molar-refractivity contribution in [1.29, 1.82) is 0 Å². The minimum Gasteiger partial charge on any atom is -0.273 e. The van der Waals surface area contributed by atoms with E-state index in [2.05, 4.69) is 4.72 Å². The number of nitrogens with zero attached hydrogens (tertiary/aromatic N) is 1. The van der Waals surface area contributed by atoms with Crippen molar-refractivity contribution >= 4 is 33.4 Å². The van der Waals surface area contributed by atoms with Crippen LogP contribution in [0.2, 0.25) is 5.02 Å². The zero-order valence-corrected chi connectivity index (χ0v) is 14.9. The molecule has 1 aliphatic heterocycles. The summed E-state index contributed by atoms with van der Waals surface area (Å²) in [5.41, 5.74) is 1.13. The van der Waals surface area contributed by atoms with Crippen molar-refractivity contribution in [2.24, 2.45) is 0 Å². The number of hydrogen-bond donors (Lipinski definition) is 1. The molecule has 0 saturated heterocycles. The normalized spacial score (nSPS) is 14.1. The van der Waals surface area contributed by atoms with Gasteiger partial charge in [-0.05, 0) is 36.8 Å². The van der Waals surface area contributed by atoms with Gasteiger partial charge in [0.15, 0.2) is 0 Å². The van der Waals surface area contributed by atoms with Gasteiger partial charge in [0.1, 0.15) is 0 Å². The molecule has 0 spiro atoms. The number of rotatable bonds is 5. The molecule has 0 fully saturated rings. The lowest BCUT2D eigenvalue weighted by Gasteiger charge is -2.15. The third kappa shape index (κ3) is 3.30. The monoisotopic (exact) mass is 378 g/mol. The Bertz CT molecular complexity index is 972. The van der Waals surface area contributed by atoms with E-state index in [-0.39, 0.29) is 29.1 Å². The fourth-order valence-electron chi connectivity index (χ4n) is 2.69. The molecule has 25 heavy (non-hydrogen) atoms. The maximum absolute atomic E-state index is 12.3. The van der Waals surface area contributed by atoms with Gasteiger partial charge in [0.05, 0.1) is 16.0 Å². The van der Waals surface area contributed by atoms with Gasteiger partial charge in [-0.1, -0.05) is 29.8 Å². The van der Waals surface area contributed by atoms with E-state index in [1.807, 2.05) is 0 Å². The molecule has 0 radical (unpaired) electrons. The number of halogens is 1. The standard InChI is InChI=1S/C17H15ClN2O4S/c1-11-4-2-3-5-15(11)25(23,24)19-8-9-20-16(21)13-7-6-12(18)10-14(13)17(20)22/h2-7,10,19H,8-9H2,1H3. The van der Waals surface area contributed by atoms with Crippen molar-refractivity contribution in [3.05, 3.63) is 64.2 Å². The SMILES string of the molecule is Cc1ccccc1S(=O)(=O)NCCN1C(=O)c2ccc(Cl)cc2C1=O. The summed E-state index contributed by atoms with van der Waals surface area (Å²) in [5, 5.41) is 0.363. The molecule has 1 N–H and O–H groups in total. The number of nitrogens with one attached hydrogen (secondary N) is 1. The maximum atomic E-state index is 12.3. The van der Waals surface area contributed by atoms with E-state index in [1.54, 1.807) is 25.1 Å². The Morgan fingerprint density at radius 1 is 1.04 bits per heavy atom. The number of amides is 2. The van der Waals surface area contributed by atoms with Crippen LogP contribution in [0.1, 0.15) is 26.3 Å². The highest BCUT2D eigenvalue weighted by Crippen LogP contribution is 2.25. The van der Waals surface area contributed by atoms with Gasteiger partial charge in [-0.15, -0.1) is 0 Å². The Balaban J connectivity index is 1.70. The van der Waals surface area contributed by atoms with Crippen molar-refractivity contribution in [1.82, 2.24) is 9.62 Å². The molecular weight excluding hydrogens is 364 g/mol. The number of benzene rings is 2. The highest BCUT2D eigenvalue weighted by Gasteiger charge is 2.35. The van der Waals surface area contributed by atoms with E-state index in [1.165, 1.54) is 24.3 Å². The Morgan fingerprint density at radius 3 is 2.44 bits per heavy atom. The summed E-state index contributed by atoms with van der Waals surface area (Å²) < 4.78 is 27.1. The number of fused-ring (bicyclic) bond motifs is 1. The van der Waals surface area contributed by atoms with Crippen LogP contribution in [0.5, 0.6) is 0 Å². The quantitative estimate of drug-likeness (QED) is 0.808. The molecule has 0 aliphatic carbocycles. The van der Waals surface area contributed by atoms with Crippen molar-refractivity contribution in [2.45, 2.75) is 11.8 Å². The molecule has 6 nitrogen and oxygen atoms in total. The molecule has 0 unspecified atom stereocenters. The summed E-state index contributed by atoms with van der Waals surface area (Å²) in [4.78, 5) is 25.8. The molecule has 3 rings (SSSR count). The van der Waals surface area contributed by atoms with Crippen molar-refractivity contribution in [3.63, 3.8) is 0 Å². The van der Waals surface area contributed by atoms with Gasteiger partial charge in [0.2, 0.25) is 10.0 Å². The predicted octanol–water partition coefficient (Wildman–Crippen LogP) is 2.22. The van der Waals surface area contributed by atoms with Crippen LogP contribution in [-0.2, 0) is 10.0 Å². The number of aryl methyl sites for hydroxylation is 1. The Kier molecular flexibility index (Phi) is 4.64. The molecule has 2 aromatic carbocycles. The average Bonchev–Trinajstić information content (AvgIpc) is 2.79. The third-order valence-corrected chi connectivity index (χ3v) is 5.80. The average molecular weight is 379 g/mol. The van der Waals surface area contributed by atoms with Gasteiger partial charge in [0, 0.05) is 18.1 Å². The molecule has 8 heteroatoms. The minimum absolute atomic E-state index is 0.0604. The van der Waals surface area contributed by atoms with Crippen LogP contribution < -0.4 is 4.72 Å². The van der Waals surface area contributed by atoms with Crippen LogP contribution in [0.15, 0.2) is 47.4 Å². The van der Waals surface area contributed by atoms with Gasteiger partial charge >= 0.3 is 0 Å². The van der Waals surface area contributed by atoms with Crippen molar-refractivity contribution in [3.8, 4) is 0 Å². The van der Waals surface area contributed by atoms with Crippen LogP contribution in [0.25, 0.3) is 0 Å². The minimum atomic E-state index is -3.71. The smallest absolute Gasteiger partial charge is 0.261 e. The highest BCUT2D eigenvalue weighted by atomic mass is 35.5. The Hall–Kier alpha value is -2.22. The number of carbonyl (C=O) groups excluding carboxylic acids is 2. The van der Waals surface area contributed by atoms with E-state index in [0.717, 1.165) is 4.90 Å². The number of carbonyl (C=O) groups is 2. The molecule has 1 heterocycles. The molecule has 2 amide bonds. The van der Waals surface area contributed by atoms with Gasteiger partial charge in [-0.25, -0.2) is 13.1 Å². The second-order valence-electron chi connectivity index (χ2n) is 5.62. The van der Waals surface area contributed by atoms with Crippen molar-refractivity contribution < 1.29 is 18.0 Å². The predicted molar refractivity (Wildman–Crippen MR) is 93.2 cm³/mol. The highest BCUT2D eigenvalue weighted by molar-refractivity contribution is 7.89. The zero-order chi connectivity index (χ0) is 18.2. The second kappa shape index (κ2) is 6.59. The van der Waals surface area contributed by atoms with Crippen LogP contribution >= 0.6 is 11.6 Å². The van der Waals surface area contributed by atoms with E-state index < -0.39 is 21.8 Å². The molecule has 0 aromatic heterocycles.